The molecule has 6 nitrogen and oxygen atoms in total. The van der Waals surface area contributed by atoms with E-state index >= 15 is 0 Å². The van der Waals surface area contributed by atoms with Crippen molar-refractivity contribution in [2.75, 3.05) is 26.2 Å². The molecule has 0 saturated carbocycles. The number of likely N-dealkylation sites (tertiary alicyclic amines) is 1. The second-order valence-corrected chi connectivity index (χ2v) is 5.17. The van der Waals surface area contributed by atoms with Gasteiger partial charge in [-0.1, -0.05) is 11.6 Å². The summed E-state index contributed by atoms with van der Waals surface area (Å²) in [5.74, 6) is -0.846. The van der Waals surface area contributed by atoms with Crippen molar-refractivity contribution < 1.29 is 19.4 Å². The number of urea groups is 1. The molecule has 20 heavy (non-hydrogen) atoms. The molecular weight excluding hydrogens is 260 g/mol. The van der Waals surface area contributed by atoms with Crippen LogP contribution in [0.1, 0.15) is 33.1 Å². The van der Waals surface area contributed by atoms with Gasteiger partial charge in [0.05, 0.1) is 19.1 Å². The summed E-state index contributed by atoms with van der Waals surface area (Å²) in [4.78, 5) is 24.0. The molecule has 2 amide bonds. The first-order chi connectivity index (χ1) is 9.49. The van der Waals surface area contributed by atoms with Crippen LogP contribution in [0.3, 0.4) is 0 Å². The van der Waals surface area contributed by atoms with Crippen LogP contribution in [0.5, 0.6) is 0 Å². The van der Waals surface area contributed by atoms with Gasteiger partial charge in [0, 0.05) is 19.6 Å². The van der Waals surface area contributed by atoms with Gasteiger partial charge in [0.1, 0.15) is 0 Å². The highest BCUT2D eigenvalue weighted by Crippen LogP contribution is 2.14. The summed E-state index contributed by atoms with van der Waals surface area (Å²) < 4.78 is 5.49. The zero-order chi connectivity index (χ0) is 15.0. The fraction of sp³-hybridized carbons (Fsp3) is 0.714. The Labute approximate surface area is 119 Å². The minimum absolute atomic E-state index is 0.0312. The molecule has 0 atom stereocenters. The number of allylic oxidation sites excluding steroid dienone is 1. The van der Waals surface area contributed by atoms with Crippen molar-refractivity contribution in [1.29, 1.82) is 0 Å². The van der Waals surface area contributed by atoms with Gasteiger partial charge in [0.15, 0.2) is 0 Å². The highest BCUT2D eigenvalue weighted by molar-refractivity contribution is 5.74. The fourth-order valence-electron chi connectivity index (χ4n) is 1.99. The Bertz CT molecular complexity index is 356. The molecule has 0 spiro atoms. The number of nitrogens with zero attached hydrogens (tertiary/aromatic N) is 1. The summed E-state index contributed by atoms with van der Waals surface area (Å²) in [6.45, 7) is 6.08. The van der Waals surface area contributed by atoms with Gasteiger partial charge in [-0.15, -0.1) is 0 Å². The van der Waals surface area contributed by atoms with E-state index in [4.69, 9.17) is 9.84 Å². The lowest BCUT2D eigenvalue weighted by Crippen LogP contribution is -2.46. The van der Waals surface area contributed by atoms with Gasteiger partial charge in [0.25, 0.3) is 0 Å². The third-order valence-corrected chi connectivity index (χ3v) is 3.16. The van der Waals surface area contributed by atoms with E-state index in [0.29, 0.717) is 19.6 Å². The van der Waals surface area contributed by atoms with Gasteiger partial charge in [-0.05, 0) is 26.7 Å². The van der Waals surface area contributed by atoms with E-state index in [1.54, 1.807) is 4.90 Å². The molecule has 1 saturated heterocycles. The molecule has 2 N–H and O–H groups in total. The number of carbonyl (C=O) groups is 2. The number of hydrogen-bond acceptors (Lipinski definition) is 3. The van der Waals surface area contributed by atoms with E-state index in [-0.39, 0.29) is 25.2 Å². The highest BCUT2D eigenvalue weighted by atomic mass is 16.5. The van der Waals surface area contributed by atoms with Crippen LogP contribution in [0.15, 0.2) is 11.6 Å². The third kappa shape index (κ3) is 6.56. The summed E-state index contributed by atoms with van der Waals surface area (Å²) >= 11 is 0. The predicted octanol–water partition coefficient (Wildman–Crippen LogP) is 1.62. The smallest absolute Gasteiger partial charge is 0.317 e. The van der Waals surface area contributed by atoms with Crippen LogP contribution in [0.4, 0.5) is 4.79 Å². The Hall–Kier alpha value is -1.56. The first-order valence-electron chi connectivity index (χ1n) is 6.98. The molecule has 0 unspecified atom stereocenters. The average molecular weight is 284 g/mol. The monoisotopic (exact) mass is 284 g/mol. The van der Waals surface area contributed by atoms with Gasteiger partial charge in [-0.2, -0.15) is 0 Å². The van der Waals surface area contributed by atoms with Crippen molar-refractivity contribution >= 4 is 12.0 Å². The second kappa shape index (κ2) is 8.58. The SMILES string of the molecule is CC(C)=CCNC(=O)N1CCC(OCCC(=O)O)CC1. The van der Waals surface area contributed by atoms with Crippen molar-refractivity contribution in [3.63, 3.8) is 0 Å². The number of piperidine rings is 1. The van der Waals surface area contributed by atoms with Crippen molar-refractivity contribution in [2.45, 2.75) is 39.2 Å². The van der Waals surface area contributed by atoms with E-state index < -0.39 is 5.97 Å². The largest absolute Gasteiger partial charge is 0.481 e. The second-order valence-electron chi connectivity index (χ2n) is 5.17. The maximum absolute atomic E-state index is 11.9. The molecule has 114 valence electrons. The molecule has 0 aromatic heterocycles. The number of carbonyl (C=O) groups excluding carboxylic acids is 1. The topological polar surface area (TPSA) is 78.9 Å². The number of aliphatic carboxylic acids is 1. The standard InChI is InChI=1S/C14H24N2O4/c1-11(2)3-7-15-14(19)16-8-4-12(5-9-16)20-10-6-13(17)18/h3,12H,4-10H2,1-2H3,(H,15,19)(H,17,18). The molecule has 1 fully saturated rings. The Balaban J connectivity index is 2.19. The lowest BCUT2D eigenvalue weighted by Gasteiger charge is -2.31. The van der Waals surface area contributed by atoms with Crippen molar-refractivity contribution in [2.24, 2.45) is 0 Å². The Kier molecular flexibility index (Phi) is 7.08. The molecule has 1 aliphatic heterocycles. The van der Waals surface area contributed by atoms with E-state index in [2.05, 4.69) is 5.32 Å². The number of carboxylic acids is 1. The summed E-state index contributed by atoms with van der Waals surface area (Å²) in [6.07, 6.45) is 3.59. The molecule has 1 aliphatic rings. The molecule has 0 bridgehead atoms. The van der Waals surface area contributed by atoms with E-state index in [1.165, 1.54) is 5.57 Å². The van der Waals surface area contributed by atoms with Crippen LogP contribution in [-0.4, -0.2) is 54.4 Å². The highest BCUT2D eigenvalue weighted by Gasteiger charge is 2.22. The third-order valence-electron chi connectivity index (χ3n) is 3.16. The zero-order valence-corrected chi connectivity index (χ0v) is 12.2. The van der Waals surface area contributed by atoms with Crippen LogP contribution >= 0.6 is 0 Å². The van der Waals surface area contributed by atoms with E-state index in [1.807, 2.05) is 19.9 Å². The van der Waals surface area contributed by atoms with Crippen LogP contribution < -0.4 is 5.32 Å². The summed E-state index contributed by atoms with van der Waals surface area (Å²) in [5, 5.41) is 11.4. The molecular formula is C14H24N2O4. The summed E-state index contributed by atoms with van der Waals surface area (Å²) in [7, 11) is 0. The average Bonchev–Trinajstić information content (AvgIpc) is 2.38. The Morgan fingerprint density at radius 1 is 1.35 bits per heavy atom. The van der Waals surface area contributed by atoms with Gasteiger partial charge in [-0.3, -0.25) is 4.79 Å². The Morgan fingerprint density at radius 2 is 2.00 bits per heavy atom. The summed E-state index contributed by atoms with van der Waals surface area (Å²) in [6, 6.07) is -0.0496. The first-order valence-corrected chi connectivity index (χ1v) is 6.98. The molecule has 6 heteroatoms. The maximum Gasteiger partial charge on any atom is 0.317 e. The first kappa shape index (κ1) is 16.5. The molecule has 0 radical (unpaired) electrons. The lowest BCUT2D eigenvalue weighted by atomic mass is 10.1. The maximum atomic E-state index is 11.9. The summed E-state index contributed by atoms with van der Waals surface area (Å²) in [5.41, 5.74) is 1.18. The van der Waals surface area contributed by atoms with Crippen molar-refractivity contribution in [3.05, 3.63) is 11.6 Å². The quantitative estimate of drug-likeness (QED) is 0.726. The molecule has 0 aromatic carbocycles. The lowest BCUT2D eigenvalue weighted by molar-refractivity contribution is -0.138. The minimum Gasteiger partial charge on any atom is -0.481 e. The van der Waals surface area contributed by atoms with Gasteiger partial charge in [-0.25, -0.2) is 4.79 Å². The molecule has 1 rings (SSSR count). The number of hydrogen-bond donors (Lipinski definition) is 2. The predicted molar refractivity (Wildman–Crippen MR) is 75.6 cm³/mol. The van der Waals surface area contributed by atoms with Crippen molar-refractivity contribution in [1.82, 2.24) is 10.2 Å². The van der Waals surface area contributed by atoms with Gasteiger partial charge >= 0.3 is 12.0 Å². The van der Waals surface area contributed by atoms with Crippen LogP contribution in [0.25, 0.3) is 0 Å². The van der Waals surface area contributed by atoms with E-state index in [0.717, 1.165) is 12.8 Å². The number of rotatable bonds is 6. The number of ether oxygens (including phenoxy) is 1. The van der Waals surface area contributed by atoms with Gasteiger partial charge in [0.2, 0.25) is 0 Å². The number of carboxylic acid groups (broad SMARTS) is 1. The molecule has 0 aliphatic carbocycles. The fourth-order valence-corrected chi connectivity index (χ4v) is 1.99. The molecule has 1 heterocycles. The van der Waals surface area contributed by atoms with Crippen LogP contribution in [0, 0.1) is 0 Å². The van der Waals surface area contributed by atoms with Crippen molar-refractivity contribution in [3.8, 4) is 0 Å². The molecule has 0 aromatic rings. The normalized spacial score (nSPS) is 15.8. The zero-order valence-electron chi connectivity index (χ0n) is 12.2. The van der Waals surface area contributed by atoms with Gasteiger partial charge < -0.3 is 20.1 Å². The van der Waals surface area contributed by atoms with Crippen LogP contribution in [0.2, 0.25) is 0 Å². The minimum atomic E-state index is -0.846. The Morgan fingerprint density at radius 3 is 2.55 bits per heavy atom. The van der Waals surface area contributed by atoms with Crippen LogP contribution in [-0.2, 0) is 9.53 Å². The number of nitrogens with one attached hydrogen (secondary N) is 1. The number of amides is 2. The van der Waals surface area contributed by atoms with E-state index in [9.17, 15) is 9.59 Å².